The van der Waals surface area contributed by atoms with Crippen molar-refractivity contribution in [1.29, 1.82) is 0 Å². The lowest BCUT2D eigenvalue weighted by Gasteiger charge is -2.12. The Morgan fingerprint density at radius 3 is 2.80 bits per heavy atom. The fourth-order valence-electron chi connectivity index (χ4n) is 1.54. The van der Waals surface area contributed by atoms with E-state index in [1.54, 1.807) is 25.3 Å². The Labute approximate surface area is 117 Å². The first kappa shape index (κ1) is 15.7. The number of hydrogen-bond donors (Lipinski definition) is 3. The maximum atomic E-state index is 11.6. The molecule has 0 aromatic carbocycles. The predicted octanol–water partition coefficient (Wildman–Crippen LogP) is 1.00. The van der Waals surface area contributed by atoms with Crippen LogP contribution in [-0.4, -0.2) is 35.7 Å². The van der Waals surface area contributed by atoms with E-state index in [-0.39, 0.29) is 6.54 Å². The number of ether oxygens (including phenoxy) is 1. The summed E-state index contributed by atoms with van der Waals surface area (Å²) in [4.78, 5) is 26.3. The van der Waals surface area contributed by atoms with E-state index in [2.05, 4.69) is 15.6 Å². The molecule has 1 heterocycles. The molecule has 1 aromatic heterocycles. The Balaban J connectivity index is 2.37. The van der Waals surface area contributed by atoms with Crippen LogP contribution in [-0.2, 0) is 11.3 Å². The van der Waals surface area contributed by atoms with Gasteiger partial charge in [-0.05, 0) is 18.1 Å². The van der Waals surface area contributed by atoms with E-state index >= 15 is 0 Å². The minimum absolute atomic E-state index is 0.108. The molecule has 3 N–H and O–H groups in total. The van der Waals surface area contributed by atoms with E-state index in [0.29, 0.717) is 18.8 Å². The van der Waals surface area contributed by atoms with E-state index in [4.69, 9.17) is 9.84 Å². The summed E-state index contributed by atoms with van der Waals surface area (Å²) in [6, 6.07) is 3.07. The molecule has 0 saturated heterocycles. The molecular formula is C13H19N3O4. The van der Waals surface area contributed by atoms with Gasteiger partial charge in [-0.3, -0.25) is 4.79 Å². The number of carboxylic acids is 1. The van der Waals surface area contributed by atoms with Crippen LogP contribution in [0.4, 0.5) is 4.79 Å². The van der Waals surface area contributed by atoms with Crippen molar-refractivity contribution in [1.82, 2.24) is 15.6 Å². The monoisotopic (exact) mass is 281 g/mol. The van der Waals surface area contributed by atoms with Gasteiger partial charge >= 0.3 is 12.0 Å². The van der Waals surface area contributed by atoms with Crippen LogP contribution in [0, 0.1) is 5.92 Å². The number of methoxy groups -OCH3 is 1. The van der Waals surface area contributed by atoms with E-state index in [9.17, 15) is 9.59 Å². The normalized spacial score (nSPS) is 11.5. The van der Waals surface area contributed by atoms with Crippen molar-refractivity contribution < 1.29 is 19.4 Å². The summed E-state index contributed by atoms with van der Waals surface area (Å²) in [5.41, 5.74) is 0.845. The van der Waals surface area contributed by atoms with Gasteiger partial charge in [0.15, 0.2) is 0 Å². The molecule has 7 heteroatoms. The van der Waals surface area contributed by atoms with Crippen molar-refractivity contribution >= 4 is 12.0 Å². The molecule has 2 amide bonds. The first-order valence-electron chi connectivity index (χ1n) is 6.30. The molecule has 0 aliphatic heterocycles. The number of nitrogens with zero attached hydrogens (tertiary/aromatic N) is 1. The summed E-state index contributed by atoms with van der Waals surface area (Å²) < 4.78 is 4.98. The standard InChI is InChI=1S/C13H19N3O4/c1-3-10(12(17)18)8-16-13(19)15-7-9-4-5-14-11(6-9)20-2/h4-6,10H,3,7-8H2,1-2H3,(H,17,18)(H2,15,16,19). The van der Waals surface area contributed by atoms with Crippen LogP contribution in [0.3, 0.4) is 0 Å². The zero-order valence-electron chi connectivity index (χ0n) is 11.5. The molecule has 0 fully saturated rings. The van der Waals surface area contributed by atoms with Gasteiger partial charge in [0.05, 0.1) is 13.0 Å². The Morgan fingerprint density at radius 1 is 1.45 bits per heavy atom. The van der Waals surface area contributed by atoms with Gasteiger partial charge in [-0.15, -0.1) is 0 Å². The van der Waals surface area contributed by atoms with Crippen molar-refractivity contribution in [3.8, 4) is 5.88 Å². The van der Waals surface area contributed by atoms with E-state index in [1.165, 1.54) is 7.11 Å². The fourth-order valence-corrected chi connectivity index (χ4v) is 1.54. The average Bonchev–Trinajstić information content (AvgIpc) is 2.45. The van der Waals surface area contributed by atoms with Crippen molar-refractivity contribution in [3.05, 3.63) is 23.9 Å². The minimum atomic E-state index is -0.910. The van der Waals surface area contributed by atoms with Crippen LogP contribution in [0.1, 0.15) is 18.9 Å². The summed E-state index contributed by atoms with van der Waals surface area (Å²) >= 11 is 0. The quantitative estimate of drug-likeness (QED) is 0.692. The van der Waals surface area contributed by atoms with E-state index in [0.717, 1.165) is 5.56 Å². The molecule has 0 spiro atoms. The molecule has 0 aliphatic rings. The predicted molar refractivity (Wildman–Crippen MR) is 72.4 cm³/mol. The smallest absolute Gasteiger partial charge is 0.315 e. The van der Waals surface area contributed by atoms with Crippen LogP contribution in [0.15, 0.2) is 18.3 Å². The SMILES string of the molecule is CCC(CNC(=O)NCc1ccnc(OC)c1)C(=O)O. The maximum absolute atomic E-state index is 11.6. The van der Waals surface area contributed by atoms with Crippen molar-refractivity contribution in [2.75, 3.05) is 13.7 Å². The van der Waals surface area contributed by atoms with Gasteiger partial charge in [0.25, 0.3) is 0 Å². The summed E-state index contributed by atoms with van der Waals surface area (Å²) in [5, 5.41) is 14.0. The number of pyridine rings is 1. The topological polar surface area (TPSA) is 101 Å². The van der Waals surface area contributed by atoms with Crippen LogP contribution in [0.2, 0.25) is 0 Å². The number of amides is 2. The molecular weight excluding hydrogens is 262 g/mol. The molecule has 0 saturated carbocycles. The number of urea groups is 1. The van der Waals surface area contributed by atoms with Crippen LogP contribution in [0.5, 0.6) is 5.88 Å². The summed E-state index contributed by atoms with van der Waals surface area (Å²) in [5.74, 6) is -1.00. The first-order chi connectivity index (χ1) is 9.56. The largest absolute Gasteiger partial charge is 0.481 e. The van der Waals surface area contributed by atoms with Crippen molar-refractivity contribution in [2.45, 2.75) is 19.9 Å². The van der Waals surface area contributed by atoms with Gasteiger partial charge in [-0.2, -0.15) is 0 Å². The maximum Gasteiger partial charge on any atom is 0.315 e. The summed E-state index contributed by atoms with van der Waals surface area (Å²) in [6.45, 7) is 2.19. The third-order valence-corrected chi connectivity index (χ3v) is 2.81. The number of hydrogen-bond acceptors (Lipinski definition) is 4. The molecule has 0 bridgehead atoms. The molecule has 1 unspecified atom stereocenters. The van der Waals surface area contributed by atoms with Gasteiger partial charge in [0.2, 0.25) is 5.88 Å². The second-order valence-electron chi connectivity index (χ2n) is 4.21. The number of aromatic nitrogens is 1. The van der Waals surface area contributed by atoms with Crippen molar-refractivity contribution in [2.24, 2.45) is 5.92 Å². The molecule has 0 radical (unpaired) electrons. The average molecular weight is 281 g/mol. The molecule has 1 atom stereocenters. The number of carbonyl (C=O) groups excluding carboxylic acids is 1. The van der Waals surface area contributed by atoms with Crippen LogP contribution in [0.25, 0.3) is 0 Å². The molecule has 1 aromatic rings. The lowest BCUT2D eigenvalue weighted by Crippen LogP contribution is -2.39. The highest BCUT2D eigenvalue weighted by molar-refractivity contribution is 5.75. The number of carbonyl (C=O) groups is 2. The fraction of sp³-hybridized carbons (Fsp3) is 0.462. The second-order valence-corrected chi connectivity index (χ2v) is 4.21. The number of carboxylic acid groups (broad SMARTS) is 1. The lowest BCUT2D eigenvalue weighted by molar-refractivity contribution is -0.141. The van der Waals surface area contributed by atoms with Gasteiger partial charge in [0, 0.05) is 25.4 Å². The highest BCUT2D eigenvalue weighted by atomic mass is 16.5. The Bertz CT molecular complexity index is 465. The van der Waals surface area contributed by atoms with Crippen LogP contribution < -0.4 is 15.4 Å². The third-order valence-electron chi connectivity index (χ3n) is 2.81. The Kier molecular flexibility index (Phi) is 6.28. The third kappa shape index (κ3) is 5.13. The summed E-state index contributed by atoms with van der Waals surface area (Å²) in [7, 11) is 1.52. The zero-order chi connectivity index (χ0) is 15.0. The molecule has 0 aliphatic carbocycles. The van der Waals surface area contributed by atoms with Gasteiger partial charge in [-0.25, -0.2) is 9.78 Å². The first-order valence-corrected chi connectivity index (χ1v) is 6.30. The second kappa shape index (κ2) is 7.98. The zero-order valence-corrected chi connectivity index (χ0v) is 11.5. The Hall–Kier alpha value is -2.31. The summed E-state index contributed by atoms with van der Waals surface area (Å²) in [6.07, 6.45) is 2.06. The van der Waals surface area contributed by atoms with Crippen LogP contribution >= 0.6 is 0 Å². The number of aliphatic carboxylic acids is 1. The van der Waals surface area contributed by atoms with E-state index < -0.39 is 17.9 Å². The highest BCUT2D eigenvalue weighted by Gasteiger charge is 2.15. The van der Waals surface area contributed by atoms with Gasteiger partial charge < -0.3 is 20.5 Å². The lowest BCUT2D eigenvalue weighted by atomic mass is 10.1. The molecule has 110 valence electrons. The van der Waals surface area contributed by atoms with Gasteiger partial charge in [-0.1, -0.05) is 6.92 Å². The van der Waals surface area contributed by atoms with E-state index in [1.807, 2.05) is 0 Å². The molecule has 1 rings (SSSR count). The van der Waals surface area contributed by atoms with Crippen molar-refractivity contribution in [3.63, 3.8) is 0 Å². The number of nitrogens with one attached hydrogen (secondary N) is 2. The number of rotatable bonds is 7. The minimum Gasteiger partial charge on any atom is -0.481 e. The highest BCUT2D eigenvalue weighted by Crippen LogP contribution is 2.07. The van der Waals surface area contributed by atoms with Gasteiger partial charge in [0.1, 0.15) is 0 Å². The molecule has 20 heavy (non-hydrogen) atoms. The Morgan fingerprint density at radius 2 is 2.20 bits per heavy atom. The molecule has 7 nitrogen and oxygen atoms in total.